The summed E-state index contributed by atoms with van der Waals surface area (Å²) in [5.74, 6) is 0.833. The van der Waals surface area contributed by atoms with Crippen LogP contribution in [0.2, 0.25) is 0 Å². The molecule has 0 saturated carbocycles. The molecular formula is C18H22N4O2. The smallest absolute Gasteiger partial charge is 0.263 e. The van der Waals surface area contributed by atoms with Gasteiger partial charge in [-0.1, -0.05) is 18.2 Å². The quantitative estimate of drug-likeness (QED) is 0.866. The molecule has 0 aliphatic carbocycles. The van der Waals surface area contributed by atoms with Gasteiger partial charge in [-0.2, -0.15) is 15.0 Å². The van der Waals surface area contributed by atoms with E-state index in [4.69, 9.17) is 4.74 Å². The number of benzene rings is 1. The second-order valence-corrected chi connectivity index (χ2v) is 6.68. The molecule has 1 aromatic carbocycles. The number of amides is 1. The monoisotopic (exact) mass is 326 g/mol. The second kappa shape index (κ2) is 6.26. The van der Waals surface area contributed by atoms with Gasteiger partial charge >= 0.3 is 0 Å². The zero-order valence-corrected chi connectivity index (χ0v) is 13.8. The molecular weight excluding hydrogens is 304 g/mol. The van der Waals surface area contributed by atoms with Crippen molar-refractivity contribution in [3.8, 4) is 5.75 Å². The lowest BCUT2D eigenvalue weighted by Crippen LogP contribution is -2.51. The highest BCUT2D eigenvalue weighted by atomic mass is 16.5. The van der Waals surface area contributed by atoms with Crippen molar-refractivity contribution in [3.05, 3.63) is 42.7 Å². The maximum absolute atomic E-state index is 12.9. The number of ether oxygens (including phenoxy) is 1. The predicted octanol–water partition coefficient (Wildman–Crippen LogP) is 2.44. The summed E-state index contributed by atoms with van der Waals surface area (Å²) in [5, 5.41) is 8.55. The van der Waals surface area contributed by atoms with Gasteiger partial charge in [0.05, 0.1) is 18.4 Å². The van der Waals surface area contributed by atoms with Crippen LogP contribution in [0.4, 0.5) is 0 Å². The van der Waals surface area contributed by atoms with E-state index in [9.17, 15) is 4.79 Å². The number of fused-ring (bicyclic) bond motifs is 2. The van der Waals surface area contributed by atoms with Gasteiger partial charge in [0.25, 0.3) is 5.91 Å². The van der Waals surface area contributed by atoms with Crippen molar-refractivity contribution < 1.29 is 9.53 Å². The molecule has 0 N–H and O–H groups in total. The second-order valence-electron chi connectivity index (χ2n) is 6.68. The summed E-state index contributed by atoms with van der Waals surface area (Å²) in [6.45, 7) is 1.84. The van der Waals surface area contributed by atoms with Gasteiger partial charge in [0.2, 0.25) is 0 Å². The fourth-order valence-corrected chi connectivity index (χ4v) is 4.07. The zero-order valence-electron chi connectivity index (χ0n) is 13.8. The van der Waals surface area contributed by atoms with E-state index in [1.807, 2.05) is 37.3 Å². The van der Waals surface area contributed by atoms with Gasteiger partial charge in [0, 0.05) is 12.1 Å². The molecule has 0 radical (unpaired) electrons. The van der Waals surface area contributed by atoms with Crippen molar-refractivity contribution in [3.63, 3.8) is 0 Å². The van der Waals surface area contributed by atoms with E-state index in [-0.39, 0.29) is 18.0 Å². The van der Waals surface area contributed by atoms with Crippen molar-refractivity contribution in [1.29, 1.82) is 0 Å². The molecule has 6 nitrogen and oxygen atoms in total. The van der Waals surface area contributed by atoms with E-state index < -0.39 is 6.10 Å². The van der Waals surface area contributed by atoms with E-state index >= 15 is 0 Å². The molecule has 1 amide bonds. The minimum atomic E-state index is -0.463. The first-order valence-corrected chi connectivity index (χ1v) is 8.62. The lowest BCUT2D eigenvalue weighted by molar-refractivity contribution is -0.143. The summed E-state index contributed by atoms with van der Waals surface area (Å²) in [5.41, 5.74) is 0. The number of aromatic nitrogens is 3. The molecule has 2 aliphatic heterocycles. The first kappa shape index (κ1) is 15.2. The highest BCUT2D eigenvalue weighted by Crippen LogP contribution is 2.40. The van der Waals surface area contributed by atoms with Crippen LogP contribution in [0.3, 0.4) is 0 Å². The van der Waals surface area contributed by atoms with Crippen LogP contribution >= 0.6 is 0 Å². The number of nitrogens with zero attached hydrogens (tertiary/aromatic N) is 4. The molecule has 2 bridgehead atoms. The molecule has 2 fully saturated rings. The Hall–Kier alpha value is -2.37. The van der Waals surface area contributed by atoms with Gasteiger partial charge in [-0.15, -0.1) is 0 Å². The molecule has 6 heteroatoms. The molecule has 3 heterocycles. The Morgan fingerprint density at radius 2 is 1.71 bits per heavy atom. The fraction of sp³-hybridized carbons (Fsp3) is 0.500. The Balaban J connectivity index is 1.44. The van der Waals surface area contributed by atoms with Crippen molar-refractivity contribution in [1.82, 2.24) is 19.9 Å². The Morgan fingerprint density at radius 3 is 2.33 bits per heavy atom. The van der Waals surface area contributed by atoms with E-state index in [0.29, 0.717) is 6.04 Å². The zero-order chi connectivity index (χ0) is 16.5. The van der Waals surface area contributed by atoms with Crippen molar-refractivity contribution in [2.45, 2.75) is 56.8 Å². The number of carbonyl (C=O) groups is 1. The third-order valence-corrected chi connectivity index (χ3v) is 5.13. The van der Waals surface area contributed by atoms with Crippen LogP contribution in [0.1, 0.15) is 38.6 Å². The molecule has 0 unspecified atom stereocenters. The number of rotatable bonds is 4. The Bertz CT molecular complexity index is 674. The largest absolute Gasteiger partial charge is 0.481 e. The van der Waals surface area contributed by atoms with Crippen LogP contribution in [0.25, 0.3) is 0 Å². The van der Waals surface area contributed by atoms with Gasteiger partial charge in [-0.3, -0.25) is 4.79 Å². The Labute approximate surface area is 141 Å². The Morgan fingerprint density at radius 1 is 1.08 bits per heavy atom. The molecule has 3 atom stereocenters. The van der Waals surface area contributed by atoms with E-state index in [1.165, 1.54) is 0 Å². The van der Waals surface area contributed by atoms with Gasteiger partial charge in [-0.25, -0.2) is 0 Å². The fourth-order valence-electron chi connectivity index (χ4n) is 4.07. The van der Waals surface area contributed by atoms with Gasteiger partial charge in [-0.05, 0) is 44.7 Å². The van der Waals surface area contributed by atoms with Crippen LogP contribution in [-0.2, 0) is 4.79 Å². The molecule has 2 aliphatic rings. The minimum Gasteiger partial charge on any atom is -0.481 e. The summed E-state index contributed by atoms with van der Waals surface area (Å²) >= 11 is 0. The topological polar surface area (TPSA) is 60.2 Å². The van der Waals surface area contributed by atoms with Crippen LogP contribution in [0.5, 0.6) is 5.75 Å². The van der Waals surface area contributed by atoms with Crippen molar-refractivity contribution >= 4 is 5.91 Å². The predicted molar refractivity (Wildman–Crippen MR) is 88.5 cm³/mol. The summed E-state index contributed by atoms with van der Waals surface area (Å²) in [6, 6.07) is 10.4. The standard InChI is InChI=1S/C18H22N4O2/c1-13(24-17-5-3-2-4-6-17)18(23)21-14-7-8-15(21)12-16(11-14)22-19-9-10-20-22/h2-6,9-10,13-16H,7-8,11-12H2,1H3/t13-,14+,15+/m1/s1. The van der Waals surface area contributed by atoms with Crippen LogP contribution in [0, 0.1) is 0 Å². The lowest BCUT2D eigenvalue weighted by Gasteiger charge is -2.39. The minimum absolute atomic E-state index is 0.0956. The first-order valence-electron chi connectivity index (χ1n) is 8.62. The number of piperidine rings is 1. The lowest BCUT2D eigenvalue weighted by atomic mass is 9.97. The number of hydrogen-bond acceptors (Lipinski definition) is 4. The van der Waals surface area contributed by atoms with Crippen LogP contribution in [-0.4, -0.2) is 44.0 Å². The van der Waals surface area contributed by atoms with Crippen LogP contribution < -0.4 is 4.74 Å². The normalized spacial score (nSPS) is 27.0. The maximum Gasteiger partial charge on any atom is 0.263 e. The van der Waals surface area contributed by atoms with Gasteiger partial charge < -0.3 is 9.64 Å². The molecule has 1 aromatic heterocycles. The summed E-state index contributed by atoms with van der Waals surface area (Å²) in [7, 11) is 0. The first-order chi connectivity index (χ1) is 11.7. The molecule has 2 aromatic rings. The average molecular weight is 326 g/mol. The Kier molecular flexibility index (Phi) is 3.96. The average Bonchev–Trinajstić information content (AvgIpc) is 3.22. The van der Waals surface area contributed by atoms with E-state index in [0.717, 1.165) is 31.4 Å². The number of carbonyl (C=O) groups excluding carboxylic acids is 1. The van der Waals surface area contributed by atoms with Crippen molar-refractivity contribution in [2.75, 3.05) is 0 Å². The molecule has 24 heavy (non-hydrogen) atoms. The summed E-state index contributed by atoms with van der Waals surface area (Å²) in [6.07, 6.45) is 6.95. The number of para-hydroxylation sites is 1. The van der Waals surface area contributed by atoms with E-state index in [1.54, 1.807) is 17.2 Å². The number of hydrogen-bond donors (Lipinski definition) is 0. The third kappa shape index (κ3) is 2.77. The molecule has 126 valence electrons. The molecule has 4 rings (SSSR count). The van der Waals surface area contributed by atoms with Gasteiger partial charge in [0.15, 0.2) is 6.10 Å². The summed E-state index contributed by atoms with van der Waals surface area (Å²) in [4.78, 5) is 16.8. The van der Waals surface area contributed by atoms with Gasteiger partial charge in [0.1, 0.15) is 5.75 Å². The third-order valence-electron chi connectivity index (χ3n) is 5.13. The van der Waals surface area contributed by atoms with Crippen molar-refractivity contribution in [2.24, 2.45) is 0 Å². The molecule has 2 saturated heterocycles. The highest BCUT2D eigenvalue weighted by molar-refractivity contribution is 5.82. The SMILES string of the molecule is C[C@@H](Oc1ccccc1)C(=O)N1[C@H]2CC[C@H]1CC(n1nccn1)C2. The molecule has 0 spiro atoms. The maximum atomic E-state index is 12.9. The highest BCUT2D eigenvalue weighted by Gasteiger charge is 2.45. The van der Waals surface area contributed by atoms with E-state index in [2.05, 4.69) is 15.1 Å². The summed E-state index contributed by atoms with van der Waals surface area (Å²) < 4.78 is 5.83. The van der Waals surface area contributed by atoms with Crippen LogP contribution in [0.15, 0.2) is 42.7 Å².